The third-order valence-electron chi connectivity index (χ3n) is 4.70. The minimum absolute atomic E-state index is 0.0701. The predicted octanol–water partition coefficient (Wildman–Crippen LogP) is 3.27. The minimum atomic E-state index is -0.646. The van der Waals surface area contributed by atoms with Gasteiger partial charge in [-0.25, -0.2) is 18.7 Å². The second kappa shape index (κ2) is 6.97. The molecule has 1 fully saturated rings. The maximum absolute atomic E-state index is 13.7. The Morgan fingerprint density at radius 1 is 1.27 bits per heavy atom. The van der Waals surface area contributed by atoms with Crippen LogP contribution in [0.25, 0.3) is 0 Å². The molecular weight excluding hydrogens is 342 g/mol. The number of ether oxygens (including phenoxy) is 2. The number of aromatic nitrogens is 2. The summed E-state index contributed by atoms with van der Waals surface area (Å²) in [5.41, 5.74) is 0.573. The molecule has 5 nitrogen and oxygen atoms in total. The Kier molecular flexibility index (Phi) is 4.89. The number of benzene rings is 1. The van der Waals surface area contributed by atoms with Gasteiger partial charge in [-0.05, 0) is 38.0 Å². The van der Waals surface area contributed by atoms with Gasteiger partial charge >= 0.3 is 5.97 Å². The molecule has 0 radical (unpaired) electrons. The number of carbonyl (C=O) groups excluding carboxylic acids is 1. The number of aryl methyl sites for hydroxylation is 2. The summed E-state index contributed by atoms with van der Waals surface area (Å²) in [6, 6.07) is 3.44. The minimum Gasteiger partial charge on any atom is -0.489 e. The van der Waals surface area contributed by atoms with Crippen molar-refractivity contribution in [2.75, 3.05) is 13.2 Å². The number of esters is 1. The molecule has 1 aromatic heterocycles. The van der Waals surface area contributed by atoms with Crippen molar-refractivity contribution in [2.45, 2.75) is 32.6 Å². The van der Waals surface area contributed by atoms with Crippen LogP contribution in [0.15, 0.2) is 24.4 Å². The first kappa shape index (κ1) is 18.2. The molecule has 7 heteroatoms. The highest BCUT2D eigenvalue weighted by atomic mass is 19.1. The van der Waals surface area contributed by atoms with Gasteiger partial charge in [0, 0.05) is 24.3 Å². The van der Waals surface area contributed by atoms with E-state index in [-0.39, 0.29) is 25.1 Å². The lowest BCUT2D eigenvalue weighted by atomic mass is 9.94. The molecule has 2 atom stereocenters. The molecule has 1 aliphatic carbocycles. The van der Waals surface area contributed by atoms with E-state index < -0.39 is 17.0 Å². The van der Waals surface area contributed by atoms with Crippen molar-refractivity contribution in [3.63, 3.8) is 0 Å². The summed E-state index contributed by atoms with van der Waals surface area (Å²) in [4.78, 5) is 19.5. The molecule has 0 aliphatic heterocycles. The molecule has 3 rings (SSSR count). The summed E-state index contributed by atoms with van der Waals surface area (Å²) in [5, 5.41) is 0. The molecule has 1 aliphatic rings. The molecule has 138 valence electrons. The molecule has 26 heavy (non-hydrogen) atoms. The topological polar surface area (TPSA) is 61.3 Å². The summed E-state index contributed by atoms with van der Waals surface area (Å²) in [6.45, 7) is 5.29. The maximum Gasteiger partial charge on any atom is 0.302 e. The molecule has 0 saturated heterocycles. The number of rotatable bonds is 6. The second-order valence-corrected chi connectivity index (χ2v) is 6.67. The Bertz CT molecular complexity index is 823. The van der Waals surface area contributed by atoms with Crippen LogP contribution in [0, 0.1) is 31.4 Å². The van der Waals surface area contributed by atoms with Gasteiger partial charge in [0.2, 0.25) is 0 Å². The van der Waals surface area contributed by atoms with Gasteiger partial charge in [-0.1, -0.05) is 0 Å². The Hall–Kier alpha value is -2.57. The molecule has 1 saturated carbocycles. The fourth-order valence-corrected chi connectivity index (χ4v) is 3.19. The highest BCUT2D eigenvalue weighted by molar-refractivity contribution is 5.66. The van der Waals surface area contributed by atoms with Crippen molar-refractivity contribution in [2.24, 2.45) is 5.92 Å². The van der Waals surface area contributed by atoms with E-state index in [0.29, 0.717) is 29.3 Å². The van der Waals surface area contributed by atoms with E-state index in [2.05, 4.69) is 9.97 Å². The zero-order chi connectivity index (χ0) is 18.9. The fourth-order valence-electron chi connectivity index (χ4n) is 3.19. The van der Waals surface area contributed by atoms with Gasteiger partial charge in [0.1, 0.15) is 17.5 Å². The van der Waals surface area contributed by atoms with E-state index in [1.165, 1.54) is 19.1 Å². The van der Waals surface area contributed by atoms with Crippen LogP contribution in [0.5, 0.6) is 5.75 Å². The lowest BCUT2D eigenvalue weighted by Gasteiger charge is -2.20. The highest BCUT2D eigenvalue weighted by Gasteiger charge is 2.57. The summed E-state index contributed by atoms with van der Waals surface area (Å²) in [5.74, 6) is -0.597. The van der Waals surface area contributed by atoms with Gasteiger partial charge in [-0.2, -0.15) is 0 Å². The molecule has 2 aromatic rings. The Balaban J connectivity index is 1.83. The van der Waals surface area contributed by atoms with Gasteiger partial charge in [-0.3, -0.25) is 4.79 Å². The van der Waals surface area contributed by atoms with Crippen LogP contribution in [-0.2, 0) is 14.9 Å². The van der Waals surface area contributed by atoms with Crippen molar-refractivity contribution < 1.29 is 23.0 Å². The van der Waals surface area contributed by atoms with Crippen molar-refractivity contribution in [1.82, 2.24) is 9.97 Å². The molecule has 0 bridgehead atoms. The summed E-state index contributed by atoms with van der Waals surface area (Å²) in [7, 11) is 0. The highest BCUT2D eigenvalue weighted by Crippen LogP contribution is 2.55. The first-order valence-corrected chi connectivity index (χ1v) is 8.33. The zero-order valence-corrected chi connectivity index (χ0v) is 14.9. The number of halogens is 2. The van der Waals surface area contributed by atoms with E-state index in [4.69, 9.17) is 9.47 Å². The third-order valence-corrected chi connectivity index (χ3v) is 4.70. The molecule has 1 aromatic carbocycles. The van der Waals surface area contributed by atoms with Crippen LogP contribution < -0.4 is 4.74 Å². The molecule has 1 heterocycles. The van der Waals surface area contributed by atoms with E-state index in [0.717, 1.165) is 6.07 Å². The smallest absolute Gasteiger partial charge is 0.302 e. The van der Waals surface area contributed by atoms with E-state index in [9.17, 15) is 13.6 Å². The first-order valence-electron chi connectivity index (χ1n) is 8.33. The second-order valence-electron chi connectivity index (χ2n) is 6.67. The largest absolute Gasteiger partial charge is 0.489 e. The average molecular weight is 362 g/mol. The molecule has 0 N–H and O–H groups in total. The molecule has 0 unspecified atom stereocenters. The van der Waals surface area contributed by atoms with Crippen molar-refractivity contribution in [3.05, 3.63) is 53.1 Å². The molecule has 0 spiro atoms. The SMILES string of the molecule is CC(=O)OC[C@@H]1C[C@@]1(COc1cnc(C)nc1C)c1cc(F)cc(F)c1. The number of nitrogens with zero attached hydrogens (tertiary/aromatic N) is 2. The van der Waals surface area contributed by atoms with Gasteiger partial charge in [0.15, 0.2) is 5.75 Å². The number of hydrogen-bond donors (Lipinski definition) is 0. The number of carbonyl (C=O) groups is 1. The van der Waals surface area contributed by atoms with Crippen LogP contribution in [0.1, 0.15) is 30.4 Å². The van der Waals surface area contributed by atoms with Crippen LogP contribution in [0.4, 0.5) is 8.78 Å². The number of hydrogen-bond acceptors (Lipinski definition) is 5. The summed E-state index contributed by atoms with van der Waals surface area (Å²) >= 11 is 0. The van der Waals surface area contributed by atoms with Crippen molar-refractivity contribution >= 4 is 5.97 Å². The standard InChI is InChI=1S/C19H20F2N2O3/c1-11-18(8-22-12(2)23-11)26-10-19(7-15(19)9-25-13(3)24)14-4-16(20)6-17(21)5-14/h4-6,8,15H,7,9-10H2,1-3H3/t15-,19+/m0/s1. The van der Waals surface area contributed by atoms with E-state index >= 15 is 0 Å². The van der Waals surface area contributed by atoms with Crippen LogP contribution in [-0.4, -0.2) is 29.2 Å². The van der Waals surface area contributed by atoms with E-state index in [1.54, 1.807) is 13.1 Å². The van der Waals surface area contributed by atoms with Crippen molar-refractivity contribution in [3.8, 4) is 5.75 Å². The van der Waals surface area contributed by atoms with Gasteiger partial charge in [0.05, 0.1) is 25.1 Å². The predicted molar refractivity (Wildman–Crippen MR) is 89.8 cm³/mol. The lowest BCUT2D eigenvalue weighted by Crippen LogP contribution is -2.23. The summed E-state index contributed by atoms with van der Waals surface area (Å²) in [6.07, 6.45) is 2.19. The third kappa shape index (κ3) is 3.81. The maximum atomic E-state index is 13.7. The van der Waals surface area contributed by atoms with Gasteiger partial charge in [-0.15, -0.1) is 0 Å². The first-order chi connectivity index (χ1) is 12.3. The Morgan fingerprint density at radius 3 is 2.58 bits per heavy atom. The van der Waals surface area contributed by atoms with Crippen molar-refractivity contribution in [1.29, 1.82) is 0 Å². The van der Waals surface area contributed by atoms with Gasteiger partial charge < -0.3 is 9.47 Å². The van der Waals surface area contributed by atoms with Crippen LogP contribution in [0.2, 0.25) is 0 Å². The normalized spacial score (nSPS) is 21.3. The molecular formula is C19H20F2N2O3. The van der Waals surface area contributed by atoms with Crippen LogP contribution in [0.3, 0.4) is 0 Å². The van der Waals surface area contributed by atoms with E-state index in [1.807, 2.05) is 6.92 Å². The molecule has 0 amide bonds. The zero-order valence-electron chi connectivity index (χ0n) is 14.9. The fraction of sp³-hybridized carbons (Fsp3) is 0.421. The van der Waals surface area contributed by atoms with Crippen LogP contribution >= 0.6 is 0 Å². The lowest BCUT2D eigenvalue weighted by molar-refractivity contribution is -0.141. The Labute approximate surface area is 150 Å². The average Bonchev–Trinajstić information content (AvgIpc) is 3.26. The monoisotopic (exact) mass is 362 g/mol. The quantitative estimate of drug-likeness (QED) is 0.738. The summed E-state index contributed by atoms with van der Waals surface area (Å²) < 4.78 is 38.4. The van der Waals surface area contributed by atoms with Gasteiger partial charge in [0.25, 0.3) is 0 Å². The Morgan fingerprint density at radius 2 is 1.96 bits per heavy atom.